The largest absolute Gasteiger partial charge is 0.490 e. The lowest BCUT2D eigenvalue weighted by atomic mass is 9.62. The van der Waals surface area contributed by atoms with Crippen LogP contribution in [-0.2, 0) is 13.0 Å². The van der Waals surface area contributed by atoms with Crippen molar-refractivity contribution in [2.75, 3.05) is 26.2 Å². The maximum Gasteiger partial charge on any atom is 0.401 e. The minimum atomic E-state index is -4.53. The molecule has 3 aromatic carbocycles. The van der Waals surface area contributed by atoms with E-state index in [0.717, 1.165) is 67.8 Å². The Kier molecular flexibility index (Phi) is 10.2. The summed E-state index contributed by atoms with van der Waals surface area (Å²) in [5, 5.41) is 3.41. The molecule has 1 unspecified atom stereocenters. The van der Waals surface area contributed by atoms with Crippen molar-refractivity contribution in [2.45, 2.75) is 77.3 Å². The fraction of sp³-hybridized carbons (Fsp3) is 0.486. The minimum absolute atomic E-state index is 0.00450. The van der Waals surface area contributed by atoms with Gasteiger partial charge in [0.1, 0.15) is 29.7 Å². The maximum atomic E-state index is 15.7. The fourth-order valence-electron chi connectivity index (χ4n) is 6.90. The third-order valence-electron chi connectivity index (χ3n) is 8.92. The molecule has 9 heteroatoms. The van der Waals surface area contributed by atoms with Crippen LogP contribution >= 0.6 is 0 Å². The molecule has 0 aromatic heterocycles. The van der Waals surface area contributed by atoms with Crippen LogP contribution in [0, 0.1) is 17.0 Å². The molecule has 1 saturated heterocycles. The zero-order chi connectivity index (χ0) is 31.3. The lowest BCUT2D eigenvalue weighted by Gasteiger charge is -2.47. The molecule has 3 aromatic rings. The summed E-state index contributed by atoms with van der Waals surface area (Å²) < 4.78 is 84.0. The van der Waals surface area contributed by atoms with Crippen molar-refractivity contribution in [1.29, 1.82) is 0 Å². The van der Waals surface area contributed by atoms with Crippen molar-refractivity contribution < 1.29 is 31.4 Å². The molecular weight excluding hydrogens is 575 g/mol. The first-order chi connectivity index (χ1) is 21.2. The molecule has 0 radical (unpaired) electrons. The number of halogens is 5. The van der Waals surface area contributed by atoms with Crippen LogP contribution in [-0.4, -0.2) is 43.4 Å². The van der Waals surface area contributed by atoms with Gasteiger partial charge in [-0.3, -0.25) is 4.90 Å². The number of hydrogen-bond donors (Lipinski definition) is 1. The molecule has 2 heterocycles. The van der Waals surface area contributed by atoms with Gasteiger partial charge in [0, 0.05) is 24.2 Å². The van der Waals surface area contributed by atoms with E-state index in [0.29, 0.717) is 29.9 Å². The number of rotatable bonds is 7. The number of alkyl halides is 3. The van der Waals surface area contributed by atoms with Gasteiger partial charge in [0.05, 0.1) is 18.7 Å². The van der Waals surface area contributed by atoms with Crippen molar-refractivity contribution in [3.8, 4) is 11.5 Å². The first kappa shape index (κ1) is 32.2. The second kappa shape index (κ2) is 13.9. The van der Waals surface area contributed by atoms with Crippen LogP contribution in [0.25, 0.3) is 0 Å². The number of fused-ring (bicyclic) bond motifs is 1. The Bertz CT molecular complexity index is 1360. The summed E-state index contributed by atoms with van der Waals surface area (Å²) in [7, 11) is 0. The van der Waals surface area contributed by atoms with Gasteiger partial charge in [-0.1, -0.05) is 50.2 Å². The first-order valence-corrected chi connectivity index (χ1v) is 15.6. The van der Waals surface area contributed by atoms with Crippen molar-refractivity contribution in [3.05, 3.63) is 94.6 Å². The van der Waals surface area contributed by atoms with Gasteiger partial charge >= 0.3 is 6.18 Å². The van der Waals surface area contributed by atoms with Gasteiger partial charge in [-0.25, -0.2) is 8.78 Å². The monoisotopic (exact) mass is 616 g/mol. The zero-order valence-electron chi connectivity index (χ0n) is 25.4. The second-order valence-corrected chi connectivity index (χ2v) is 11.9. The van der Waals surface area contributed by atoms with Gasteiger partial charge in [-0.2, -0.15) is 13.2 Å². The van der Waals surface area contributed by atoms with Gasteiger partial charge in [0.25, 0.3) is 0 Å². The lowest BCUT2D eigenvalue weighted by Crippen LogP contribution is -2.44. The minimum Gasteiger partial charge on any atom is -0.490 e. The van der Waals surface area contributed by atoms with Crippen LogP contribution in [0.2, 0.25) is 0 Å². The van der Waals surface area contributed by atoms with Crippen molar-refractivity contribution in [3.63, 3.8) is 0 Å². The smallest absolute Gasteiger partial charge is 0.401 e. The second-order valence-electron chi connectivity index (χ2n) is 11.9. The van der Waals surface area contributed by atoms with Crippen molar-refractivity contribution in [2.24, 2.45) is 5.41 Å². The Labute approximate surface area is 256 Å². The van der Waals surface area contributed by atoms with Gasteiger partial charge < -0.3 is 14.8 Å². The topological polar surface area (TPSA) is 33.7 Å². The standard InChI is InChI=1S/C33H35F5N2O2.C2H6/c34-28-16-25(42-26-18-32(19-26)10-4-12-39-13-11-32)17-29(35)30(28)31-27-8-7-24(41-20-22-5-2-1-3-6-22)15-23(27)9-14-40(31)21-33(36,37)38;1-2/h1-3,5-8,15-17,26,31,39H,4,9-14,18-21H2;1-2H3. The molecule has 1 N–H and O–H groups in total. The first-order valence-electron chi connectivity index (χ1n) is 15.6. The van der Waals surface area contributed by atoms with E-state index in [1.54, 1.807) is 18.2 Å². The van der Waals surface area contributed by atoms with Crippen LogP contribution < -0.4 is 14.8 Å². The Morgan fingerprint density at radius 1 is 0.909 bits per heavy atom. The summed E-state index contributed by atoms with van der Waals surface area (Å²) in [6.45, 7) is 5.01. The molecule has 4 nitrogen and oxygen atoms in total. The highest BCUT2D eigenvalue weighted by molar-refractivity contribution is 5.46. The van der Waals surface area contributed by atoms with Crippen molar-refractivity contribution >= 4 is 0 Å². The summed E-state index contributed by atoms with van der Waals surface area (Å²) in [6, 6.07) is 15.6. The van der Waals surface area contributed by atoms with Gasteiger partial charge in [0.15, 0.2) is 0 Å². The van der Waals surface area contributed by atoms with E-state index >= 15 is 8.78 Å². The van der Waals surface area contributed by atoms with Gasteiger partial charge in [-0.15, -0.1) is 0 Å². The van der Waals surface area contributed by atoms with Crippen molar-refractivity contribution in [1.82, 2.24) is 10.2 Å². The molecule has 0 bridgehead atoms. The summed E-state index contributed by atoms with van der Waals surface area (Å²) >= 11 is 0. The molecule has 1 aliphatic carbocycles. The van der Waals surface area contributed by atoms with E-state index in [1.807, 2.05) is 44.2 Å². The molecule has 44 heavy (non-hydrogen) atoms. The van der Waals surface area contributed by atoms with Crippen LogP contribution in [0.5, 0.6) is 11.5 Å². The molecule has 3 aliphatic rings. The maximum absolute atomic E-state index is 15.7. The molecule has 238 valence electrons. The Morgan fingerprint density at radius 2 is 1.64 bits per heavy atom. The summed E-state index contributed by atoms with van der Waals surface area (Å²) in [5.74, 6) is -1.20. The van der Waals surface area contributed by atoms with E-state index in [4.69, 9.17) is 9.47 Å². The number of nitrogens with zero attached hydrogens (tertiary/aromatic N) is 1. The fourth-order valence-corrected chi connectivity index (χ4v) is 6.90. The molecule has 2 fully saturated rings. The predicted octanol–water partition coefficient (Wildman–Crippen LogP) is 8.38. The highest BCUT2D eigenvalue weighted by Gasteiger charge is 2.45. The number of ether oxygens (including phenoxy) is 2. The van der Waals surface area contributed by atoms with E-state index in [-0.39, 0.29) is 23.8 Å². The van der Waals surface area contributed by atoms with E-state index in [9.17, 15) is 13.2 Å². The highest BCUT2D eigenvalue weighted by atomic mass is 19.4. The average molecular weight is 617 g/mol. The van der Waals surface area contributed by atoms with E-state index in [2.05, 4.69) is 5.32 Å². The summed E-state index contributed by atoms with van der Waals surface area (Å²) in [6.07, 6.45) is 0.585. The highest BCUT2D eigenvalue weighted by Crippen LogP contribution is 2.50. The van der Waals surface area contributed by atoms with Crippen LogP contribution in [0.15, 0.2) is 60.7 Å². The zero-order valence-corrected chi connectivity index (χ0v) is 25.4. The predicted molar refractivity (Wildman–Crippen MR) is 161 cm³/mol. The molecule has 6 rings (SSSR count). The van der Waals surface area contributed by atoms with E-state index in [1.165, 1.54) is 0 Å². The van der Waals surface area contributed by atoms with Gasteiger partial charge in [0.2, 0.25) is 0 Å². The molecule has 1 atom stereocenters. The molecular formula is C35H41F5N2O2. The number of benzene rings is 3. The summed E-state index contributed by atoms with van der Waals surface area (Å²) in [4.78, 5) is 1.10. The Morgan fingerprint density at radius 3 is 2.34 bits per heavy atom. The van der Waals surface area contributed by atoms with Crippen LogP contribution in [0.4, 0.5) is 22.0 Å². The van der Waals surface area contributed by atoms with Crippen LogP contribution in [0.3, 0.4) is 0 Å². The number of hydrogen-bond acceptors (Lipinski definition) is 4. The number of nitrogens with one attached hydrogen (secondary N) is 1. The SMILES string of the molecule is CC.Fc1cc(OC2CC3(CCCNCC3)C2)cc(F)c1C1c2ccc(OCc3ccccc3)cc2CCN1CC(F)(F)F. The molecule has 1 saturated carbocycles. The van der Waals surface area contributed by atoms with E-state index < -0.39 is 36.0 Å². The quantitative estimate of drug-likeness (QED) is 0.271. The molecule has 1 spiro atoms. The Hall–Kier alpha value is -3.17. The molecule has 0 amide bonds. The lowest BCUT2D eigenvalue weighted by molar-refractivity contribution is -0.150. The average Bonchev–Trinajstić information content (AvgIpc) is 3.24. The Balaban J connectivity index is 0.00000188. The normalized spacial score (nSPS) is 23.5. The van der Waals surface area contributed by atoms with Crippen LogP contribution in [0.1, 0.15) is 74.2 Å². The van der Waals surface area contributed by atoms with Gasteiger partial charge in [-0.05, 0) is 85.9 Å². The molecule has 2 aliphatic heterocycles. The third kappa shape index (κ3) is 7.54. The summed E-state index contributed by atoms with van der Waals surface area (Å²) in [5.41, 5.74) is 1.94. The third-order valence-corrected chi connectivity index (χ3v) is 8.92.